The lowest BCUT2D eigenvalue weighted by Gasteiger charge is -2.60. The molecule has 7 atom stereocenters. The van der Waals surface area contributed by atoms with Gasteiger partial charge in [-0.15, -0.1) is 0 Å². The Morgan fingerprint density at radius 3 is 2.56 bits per heavy atom. The van der Waals surface area contributed by atoms with Gasteiger partial charge >= 0.3 is 0 Å². The van der Waals surface area contributed by atoms with E-state index in [2.05, 4.69) is 24.6 Å². The van der Waals surface area contributed by atoms with Crippen molar-refractivity contribution in [2.24, 2.45) is 28.6 Å². The summed E-state index contributed by atoms with van der Waals surface area (Å²) in [6, 6.07) is 6.85. The highest BCUT2D eigenvalue weighted by molar-refractivity contribution is 7.89. The second kappa shape index (κ2) is 7.57. The SMILES string of the molecule is CN1C(=O)C=C[C@@]2(C)C1CC[C@@H]1[C@H]2CC[C@]2(C)C(NS(=O)(=O)c3ccccc3Cl)CC[C@@H]12. The number of carbonyl (C=O) groups excluding carboxylic acids is 1. The zero-order valence-corrected chi connectivity index (χ0v) is 20.6. The summed E-state index contributed by atoms with van der Waals surface area (Å²) in [4.78, 5) is 14.4. The summed E-state index contributed by atoms with van der Waals surface area (Å²) in [5.41, 5.74) is -0.0547. The molecule has 2 unspecified atom stereocenters. The minimum absolute atomic E-state index is 0.00205. The van der Waals surface area contributed by atoms with Crippen molar-refractivity contribution in [3.63, 3.8) is 0 Å². The van der Waals surface area contributed by atoms with E-state index in [4.69, 9.17) is 11.6 Å². The average Bonchev–Trinajstić information content (AvgIpc) is 3.07. The van der Waals surface area contributed by atoms with E-state index in [1.54, 1.807) is 30.3 Å². The summed E-state index contributed by atoms with van der Waals surface area (Å²) in [5.74, 6) is 1.71. The van der Waals surface area contributed by atoms with Crippen molar-refractivity contribution in [3.8, 4) is 0 Å². The molecule has 32 heavy (non-hydrogen) atoms. The van der Waals surface area contributed by atoms with Crippen molar-refractivity contribution in [1.29, 1.82) is 0 Å². The molecule has 0 spiro atoms. The van der Waals surface area contributed by atoms with Crippen LogP contribution in [0.5, 0.6) is 0 Å². The van der Waals surface area contributed by atoms with Gasteiger partial charge in [0.05, 0.1) is 5.02 Å². The standard InChI is InChI=1S/C25H33ClN2O3S/c1-24-14-12-18-16(8-11-22-25(18,2)15-13-23(29)28(22)3)17(24)9-10-21(24)27-32(30,31)20-7-5-4-6-19(20)26/h4-7,13,15-18,21-22,27H,8-12,14H2,1-3H3/t16-,17-,18+,21?,22?,24-,25+/m0/s1. The Morgan fingerprint density at radius 2 is 1.81 bits per heavy atom. The van der Waals surface area contributed by atoms with Crippen LogP contribution < -0.4 is 4.72 Å². The van der Waals surface area contributed by atoms with Crippen LogP contribution >= 0.6 is 11.6 Å². The summed E-state index contributed by atoms with van der Waals surface area (Å²) in [5, 5.41) is 0.261. The van der Waals surface area contributed by atoms with Crippen molar-refractivity contribution in [1.82, 2.24) is 9.62 Å². The first-order chi connectivity index (χ1) is 15.1. The van der Waals surface area contributed by atoms with Crippen molar-refractivity contribution in [2.75, 3.05) is 7.05 Å². The summed E-state index contributed by atoms with van der Waals surface area (Å²) >= 11 is 6.21. The molecule has 5 nitrogen and oxygen atoms in total. The highest BCUT2D eigenvalue weighted by Gasteiger charge is 2.60. The lowest BCUT2D eigenvalue weighted by Crippen LogP contribution is -2.60. The van der Waals surface area contributed by atoms with Gasteiger partial charge in [0.2, 0.25) is 15.9 Å². The van der Waals surface area contributed by atoms with E-state index in [1.807, 2.05) is 11.9 Å². The first-order valence-corrected chi connectivity index (χ1v) is 13.7. The number of halogens is 1. The van der Waals surface area contributed by atoms with Gasteiger partial charge in [-0.3, -0.25) is 4.79 Å². The fourth-order valence-electron chi connectivity index (χ4n) is 7.85. The van der Waals surface area contributed by atoms with Crippen LogP contribution in [0, 0.1) is 28.6 Å². The predicted molar refractivity (Wildman–Crippen MR) is 126 cm³/mol. The maximum Gasteiger partial charge on any atom is 0.246 e. The molecule has 5 rings (SSSR count). The van der Waals surface area contributed by atoms with E-state index in [1.165, 1.54) is 0 Å². The Hall–Kier alpha value is -1.37. The molecule has 1 aliphatic heterocycles. The minimum atomic E-state index is -3.67. The summed E-state index contributed by atoms with van der Waals surface area (Å²) in [6.07, 6.45) is 10.1. The second-order valence-electron chi connectivity index (χ2n) is 10.8. The fourth-order valence-corrected chi connectivity index (χ4v) is 9.76. The van der Waals surface area contributed by atoms with E-state index in [0.29, 0.717) is 17.8 Å². The van der Waals surface area contributed by atoms with Crippen LogP contribution in [0.1, 0.15) is 52.4 Å². The van der Waals surface area contributed by atoms with Crippen LogP contribution in [0.25, 0.3) is 0 Å². The minimum Gasteiger partial charge on any atom is -0.338 e. The van der Waals surface area contributed by atoms with Gasteiger partial charge < -0.3 is 4.90 Å². The van der Waals surface area contributed by atoms with Crippen molar-refractivity contribution < 1.29 is 13.2 Å². The largest absolute Gasteiger partial charge is 0.338 e. The van der Waals surface area contributed by atoms with Crippen LogP contribution in [0.15, 0.2) is 41.3 Å². The molecule has 3 fully saturated rings. The number of rotatable bonds is 3. The number of amides is 1. The Morgan fingerprint density at radius 1 is 1.06 bits per heavy atom. The number of hydrogen-bond donors (Lipinski definition) is 1. The van der Waals surface area contributed by atoms with Gasteiger partial charge in [-0.25, -0.2) is 13.1 Å². The zero-order chi connectivity index (χ0) is 22.9. The monoisotopic (exact) mass is 476 g/mol. The summed E-state index contributed by atoms with van der Waals surface area (Å²) in [7, 11) is -1.73. The van der Waals surface area contributed by atoms with Crippen molar-refractivity contribution >= 4 is 27.5 Å². The van der Waals surface area contributed by atoms with E-state index in [-0.39, 0.29) is 38.7 Å². The molecule has 1 aromatic rings. The maximum absolute atomic E-state index is 13.2. The lowest BCUT2D eigenvalue weighted by molar-refractivity contribution is -0.138. The van der Waals surface area contributed by atoms with Crippen LogP contribution in [0.2, 0.25) is 5.02 Å². The number of benzene rings is 1. The third-order valence-electron chi connectivity index (χ3n) is 9.55. The maximum atomic E-state index is 13.2. The molecule has 1 N–H and O–H groups in total. The first kappa shape index (κ1) is 22.4. The van der Waals surface area contributed by atoms with Crippen LogP contribution in [0.4, 0.5) is 0 Å². The second-order valence-corrected chi connectivity index (χ2v) is 12.9. The smallest absolute Gasteiger partial charge is 0.246 e. The Labute approximate surface area is 196 Å². The van der Waals surface area contributed by atoms with Gasteiger partial charge in [0.15, 0.2) is 0 Å². The third-order valence-corrected chi connectivity index (χ3v) is 11.5. The first-order valence-electron chi connectivity index (χ1n) is 11.8. The molecule has 3 saturated carbocycles. The quantitative estimate of drug-likeness (QED) is 0.691. The molecule has 1 heterocycles. The zero-order valence-electron chi connectivity index (χ0n) is 19.1. The number of hydrogen-bond acceptors (Lipinski definition) is 3. The van der Waals surface area contributed by atoms with Gasteiger partial charge in [-0.1, -0.05) is 43.7 Å². The number of nitrogens with one attached hydrogen (secondary N) is 1. The highest BCUT2D eigenvalue weighted by Crippen LogP contribution is 2.64. The fraction of sp³-hybridized carbons (Fsp3) is 0.640. The molecule has 3 aliphatic carbocycles. The van der Waals surface area contributed by atoms with Gasteiger partial charge in [0, 0.05) is 24.5 Å². The molecular formula is C25H33ClN2O3S. The van der Waals surface area contributed by atoms with Gasteiger partial charge in [-0.05, 0) is 79.9 Å². The molecule has 0 bridgehead atoms. The Bertz CT molecular complexity index is 1070. The van der Waals surface area contributed by atoms with Crippen molar-refractivity contribution in [2.45, 2.75) is 69.4 Å². The number of carbonyl (C=O) groups is 1. The normalized spacial score (nSPS) is 41.2. The van der Waals surface area contributed by atoms with E-state index in [0.717, 1.165) is 38.5 Å². The number of nitrogens with zero attached hydrogens (tertiary/aromatic N) is 1. The van der Waals surface area contributed by atoms with Crippen LogP contribution in [0.3, 0.4) is 0 Å². The number of sulfonamides is 1. The van der Waals surface area contributed by atoms with Crippen LogP contribution in [-0.2, 0) is 14.8 Å². The molecule has 174 valence electrons. The molecule has 1 amide bonds. The van der Waals surface area contributed by atoms with Crippen molar-refractivity contribution in [3.05, 3.63) is 41.4 Å². The van der Waals surface area contributed by atoms with E-state index >= 15 is 0 Å². The van der Waals surface area contributed by atoms with Gasteiger partial charge in [0.1, 0.15) is 4.90 Å². The molecule has 0 aromatic heterocycles. The number of fused-ring (bicyclic) bond motifs is 5. The Kier molecular flexibility index (Phi) is 5.31. The topological polar surface area (TPSA) is 66.5 Å². The third kappa shape index (κ3) is 3.20. The summed E-state index contributed by atoms with van der Waals surface area (Å²) in [6.45, 7) is 4.63. The van der Waals surface area contributed by atoms with E-state index < -0.39 is 10.0 Å². The average molecular weight is 477 g/mol. The Balaban J connectivity index is 1.41. The van der Waals surface area contributed by atoms with E-state index in [9.17, 15) is 13.2 Å². The van der Waals surface area contributed by atoms with Gasteiger partial charge in [0.25, 0.3) is 0 Å². The molecule has 7 heteroatoms. The lowest BCUT2D eigenvalue weighted by atomic mass is 9.48. The predicted octanol–water partition coefficient (Wildman–Crippen LogP) is 4.63. The molecule has 1 aromatic carbocycles. The molecule has 0 saturated heterocycles. The molecule has 4 aliphatic rings. The summed E-state index contributed by atoms with van der Waals surface area (Å²) < 4.78 is 29.4. The highest BCUT2D eigenvalue weighted by atomic mass is 35.5. The van der Waals surface area contributed by atoms with Crippen LogP contribution in [-0.4, -0.2) is 38.4 Å². The molecular weight excluding hydrogens is 444 g/mol. The van der Waals surface area contributed by atoms with Gasteiger partial charge in [-0.2, -0.15) is 0 Å². The number of likely N-dealkylation sites (N-methyl/N-ethyl adjacent to an activating group) is 1. The molecule has 0 radical (unpaired) electrons.